The number of nitrogens with one attached hydrogen (secondary N) is 1. The Kier molecular flexibility index (Phi) is 9.74. The number of carbonyl (C=O) groups is 4. The van der Waals surface area contributed by atoms with Gasteiger partial charge in [-0.1, -0.05) is 54.6 Å². The predicted molar refractivity (Wildman–Crippen MR) is 172 cm³/mol. The van der Waals surface area contributed by atoms with Gasteiger partial charge in [0, 0.05) is 31.8 Å². The van der Waals surface area contributed by atoms with E-state index in [0.29, 0.717) is 42.7 Å². The molecule has 2 fully saturated rings. The molecule has 11 nitrogen and oxygen atoms in total. The number of benzene rings is 2. The van der Waals surface area contributed by atoms with Crippen LogP contribution in [-0.2, 0) is 28.7 Å². The van der Waals surface area contributed by atoms with E-state index in [1.165, 1.54) is 0 Å². The van der Waals surface area contributed by atoms with Crippen LogP contribution < -0.4 is 15.0 Å². The second-order valence-electron chi connectivity index (χ2n) is 12.3. The third-order valence-electron chi connectivity index (χ3n) is 9.49. The van der Waals surface area contributed by atoms with Crippen molar-refractivity contribution in [3.63, 3.8) is 0 Å². The summed E-state index contributed by atoms with van der Waals surface area (Å²) < 4.78 is 18.0. The molecule has 0 aliphatic carbocycles. The number of esters is 1. The molecule has 0 saturated carbocycles. The second-order valence-corrected chi connectivity index (χ2v) is 12.3. The van der Waals surface area contributed by atoms with Gasteiger partial charge in [0.05, 0.1) is 25.7 Å². The summed E-state index contributed by atoms with van der Waals surface area (Å²) in [5.74, 6) is -2.81. The van der Waals surface area contributed by atoms with E-state index < -0.39 is 41.7 Å². The minimum Gasteiger partial charge on any atom is -0.497 e. The summed E-state index contributed by atoms with van der Waals surface area (Å²) in [4.78, 5) is 59.2. The zero-order chi connectivity index (χ0) is 33.0. The average Bonchev–Trinajstić information content (AvgIpc) is 3.73. The molecule has 4 heterocycles. The third kappa shape index (κ3) is 6.29. The molecule has 11 heteroatoms. The standard InChI is InChI=1S/C36H41N3O8/c1-45-26-16-14-25(15-17-26)38-20-8-3-7-13-29(41)37-23-28(24-11-5-2-6-12-24)46-35(44)30-27-18-19-36(47-27)31(30)33(42)39(32(36)34(38)43)21-9-4-10-22-40/h2-3,5-6,8,11-12,14-19,27-28,30-32,40H,4,7,9-10,13,20-23H2,1H3,(H,37,41)/b8-3-/t27-,28-,30+,31+,32-,36+/m1/s1. The first-order chi connectivity index (χ1) is 22.9. The number of aliphatic hydroxyl groups is 1. The fraction of sp³-hybridized carbons (Fsp3) is 0.444. The zero-order valence-corrected chi connectivity index (χ0v) is 26.5. The lowest BCUT2D eigenvalue weighted by Gasteiger charge is -2.36. The SMILES string of the molecule is COc1ccc(N2C/C=C\CCC(=O)NC[C@H](c3ccccc3)OC(=O)[C@@H]3[C@H]4C(=O)N(CCCCCO)[C@H](C2=O)[C@]42C=C[C@H]3O2)cc1. The van der Waals surface area contributed by atoms with Crippen molar-refractivity contribution in [1.29, 1.82) is 0 Å². The highest BCUT2D eigenvalue weighted by Gasteiger charge is 2.73. The largest absolute Gasteiger partial charge is 0.497 e. The van der Waals surface area contributed by atoms with Crippen LogP contribution in [0.25, 0.3) is 0 Å². The number of hydrogen-bond acceptors (Lipinski definition) is 8. The van der Waals surface area contributed by atoms with Crippen LogP contribution in [0.15, 0.2) is 78.9 Å². The number of fused-ring (bicyclic) bond motifs is 2. The normalized spacial score (nSPS) is 29.9. The molecule has 5 bridgehead atoms. The smallest absolute Gasteiger partial charge is 0.313 e. The van der Waals surface area contributed by atoms with E-state index >= 15 is 0 Å². The van der Waals surface area contributed by atoms with Gasteiger partial charge in [-0.05, 0) is 55.5 Å². The molecule has 0 aromatic heterocycles. The zero-order valence-electron chi connectivity index (χ0n) is 26.5. The third-order valence-corrected chi connectivity index (χ3v) is 9.49. The first kappa shape index (κ1) is 32.5. The molecule has 47 heavy (non-hydrogen) atoms. The predicted octanol–water partition coefficient (Wildman–Crippen LogP) is 3.09. The molecule has 3 amide bonds. The molecule has 1 spiro atoms. The summed E-state index contributed by atoms with van der Waals surface area (Å²) in [7, 11) is 1.57. The maximum absolute atomic E-state index is 14.8. The van der Waals surface area contributed by atoms with Crippen molar-refractivity contribution in [2.24, 2.45) is 11.8 Å². The number of unbranched alkanes of at least 4 members (excludes halogenated alkanes) is 2. The van der Waals surface area contributed by atoms with Gasteiger partial charge in [-0.2, -0.15) is 0 Å². The molecule has 2 aromatic rings. The van der Waals surface area contributed by atoms with Crippen molar-refractivity contribution in [2.75, 3.05) is 38.3 Å². The Morgan fingerprint density at radius 3 is 2.51 bits per heavy atom. The topological polar surface area (TPSA) is 135 Å². The molecule has 248 valence electrons. The van der Waals surface area contributed by atoms with E-state index in [-0.39, 0.29) is 50.4 Å². The molecule has 4 aliphatic rings. The fourth-order valence-corrected chi connectivity index (χ4v) is 7.18. The molecule has 2 saturated heterocycles. The lowest BCUT2D eigenvalue weighted by atomic mass is 9.74. The van der Waals surface area contributed by atoms with Crippen LogP contribution in [0.3, 0.4) is 0 Å². The highest BCUT2D eigenvalue weighted by molar-refractivity contribution is 6.05. The summed E-state index contributed by atoms with van der Waals surface area (Å²) in [6.07, 6.45) is 8.17. The molecule has 6 rings (SSSR count). The summed E-state index contributed by atoms with van der Waals surface area (Å²) in [5.41, 5.74) is -0.0557. The lowest BCUT2D eigenvalue weighted by molar-refractivity contribution is -0.159. The van der Waals surface area contributed by atoms with Gasteiger partial charge in [-0.15, -0.1) is 0 Å². The van der Waals surface area contributed by atoms with Gasteiger partial charge in [0.1, 0.15) is 29.4 Å². The van der Waals surface area contributed by atoms with Gasteiger partial charge in [0.15, 0.2) is 0 Å². The van der Waals surface area contributed by atoms with Crippen LogP contribution in [0.2, 0.25) is 0 Å². The van der Waals surface area contributed by atoms with Crippen molar-refractivity contribution < 1.29 is 38.5 Å². The molecule has 0 unspecified atom stereocenters. The summed E-state index contributed by atoms with van der Waals surface area (Å²) in [5, 5.41) is 12.2. The molecular formula is C36H41N3O8. The summed E-state index contributed by atoms with van der Waals surface area (Å²) in [6.45, 7) is 0.553. The van der Waals surface area contributed by atoms with Gasteiger partial charge in [0.25, 0.3) is 5.91 Å². The number of allylic oxidation sites excluding steroid dienone is 1. The Labute approximate surface area is 274 Å². The first-order valence-corrected chi connectivity index (χ1v) is 16.3. The van der Waals surface area contributed by atoms with Crippen LogP contribution in [0.5, 0.6) is 5.75 Å². The van der Waals surface area contributed by atoms with E-state index in [1.54, 1.807) is 53.3 Å². The number of nitrogens with zero attached hydrogens (tertiary/aromatic N) is 2. The molecular weight excluding hydrogens is 602 g/mol. The van der Waals surface area contributed by atoms with Crippen molar-refractivity contribution in [1.82, 2.24) is 10.2 Å². The Bertz CT molecular complexity index is 1530. The number of methoxy groups -OCH3 is 1. The summed E-state index contributed by atoms with van der Waals surface area (Å²) in [6, 6.07) is 15.2. The van der Waals surface area contributed by atoms with Crippen LogP contribution in [0.1, 0.15) is 43.8 Å². The maximum atomic E-state index is 14.8. The number of rotatable bonds is 8. The molecule has 0 radical (unpaired) electrons. The van der Waals surface area contributed by atoms with Crippen molar-refractivity contribution >= 4 is 29.4 Å². The Balaban J connectivity index is 1.40. The second kappa shape index (κ2) is 14.1. The molecule has 6 atom stereocenters. The summed E-state index contributed by atoms with van der Waals surface area (Å²) >= 11 is 0. The molecule has 2 N–H and O–H groups in total. The van der Waals surface area contributed by atoms with Crippen LogP contribution >= 0.6 is 0 Å². The minimum absolute atomic E-state index is 0.0327. The number of carbonyl (C=O) groups excluding carboxylic acids is 4. The van der Waals surface area contributed by atoms with Gasteiger partial charge in [0.2, 0.25) is 11.8 Å². The number of hydrogen-bond donors (Lipinski definition) is 2. The van der Waals surface area contributed by atoms with Crippen LogP contribution in [-0.4, -0.2) is 84.8 Å². The van der Waals surface area contributed by atoms with E-state index in [1.807, 2.05) is 42.5 Å². The van der Waals surface area contributed by atoms with Crippen LogP contribution in [0, 0.1) is 11.8 Å². The number of aliphatic hydroxyl groups excluding tert-OH is 1. The number of anilines is 1. The van der Waals surface area contributed by atoms with E-state index in [4.69, 9.17) is 14.2 Å². The minimum atomic E-state index is -1.36. The Morgan fingerprint density at radius 1 is 0.979 bits per heavy atom. The Hall–Kier alpha value is -4.48. The number of cyclic esters (lactones) is 1. The number of likely N-dealkylation sites (tertiary alicyclic amines) is 1. The molecule has 4 aliphatic heterocycles. The van der Waals surface area contributed by atoms with Gasteiger partial charge in [-0.25, -0.2) is 0 Å². The van der Waals surface area contributed by atoms with Gasteiger partial charge < -0.3 is 34.4 Å². The van der Waals surface area contributed by atoms with Crippen molar-refractivity contribution in [2.45, 2.75) is 56.0 Å². The van der Waals surface area contributed by atoms with E-state index in [9.17, 15) is 24.3 Å². The number of ether oxygens (including phenoxy) is 3. The monoisotopic (exact) mass is 643 g/mol. The molecule has 2 aromatic carbocycles. The lowest BCUT2D eigenvalue weighted by Crippen LogP contribution is -2.56. The van der Waals surface area contributed by atoms with Gasteiger partial charge in [-0.3, -0.25) is 19.2 Å². The van der Waals surface area contributed by atoms with Crippen molar-refractivity contribution in [3.05, 3.63) is 84.5 Å². The number of amides is 3. The van der Waals surface area contributed by atoms with Gasteiger partial charge >= 0.3 is 5.97 Å². The highest BCUT2D eigenvalue weighted by Crippen LogP contribution is 2.56. The average molecular weight is 644 g/mol. The Morgan fingerprint density at radius 2 is 1.77 bits per heavy atom. The fourth-order valence-electron chi connectivity index (χ4n) is 7.18. The maximum Gasteiger partial charge on any atom is 0.313 e. The quantitative estimate of drug-likeness (QED) is 0.255. The first-order valence-electron chi connectivity index (χ1n) is 16.3. The van der Waals surface area contributed by atoms with Crippen LogP contribution in [0.4, 0.5) is 5.69 Å². The highest BCUT2D eigenvalue weighted by atomic mass is 16.6. The van der Waals surface area contributed by atoms with E-state index in [2.05, 4.69) is 5.32 Å². The van der Waals surface area contributed by atoms with E-state index in [0.717, 1.165) is 0 Å². The van der Waals surface area contributed by atoms with Crippen molar-refractivity contribution in [3.8, 4) is 5.75 Å².